The van der Waals surface area contributed by atoms with Gasteiger partial charge in [-0.3, -0.25) is 19.8 Å². The minimum Gasteiger partial charge on any atom is -0.317 e. The van der Waals surface area contributed by atoms with Crippen LogP contribution in [0.15, 0.2) is 66.4 Å². The molecule has 2 aromatic carbocycles. The molecule has 2 amide bonds. The molecular weight excluding hydrogens is 401 g/mol. The van der Waals surface area contributed by atoms with Crippen LogP contribution in [0.25, 0.3) is 11.8 Å². The average Bonchev–Trinajstić information content (AvgIpc) is 3.15. The predicted molar refractivity (Wildman–Crippen MR) is 118 cm³/mol. The lowest BCUT2D eigenvalue weighted by atomic mass is 10.1. The van der Waals surface area contributed by atoms with Gasteiger partial charge >= 0.3 is 0 Å². The number of amides is 2. The van der Waals surface area contributed by atoms with Gasteiger partial charge < -0.3 is 4.57 Å². The Morgan fingerprint density at radius 2 is 1.80 bits per heavy atom. The molecule has 0 bridgehead atoms. The fraction of sp³-hybridized carbons (Fsp3) is 0.0870. The molecule has 0 aliphatic carbocycles. The van der Waals surface area contributed by atoms with Crippen molar-refractivity contribution < 1.29 is 14.0 Å². The summed E-state index contributed by atoms with van der Waals surface area (Å²) in [4.78, 5) is 26.8. The van der Waals surface area contributed by atoms with Crippen LogP contribution >= 0.6 is 12.2 Å². The topological polar surface area (TPSA) is 54.3 Å². The Kier molecular flexibility index (Phi) is 5.05. The van der Waals surface area contributed by atoms with Gasteiger partial charge in [-0.05, 0) is 79.7 Å². The number of benzene rings is 2. The van der Waals surface area contributed by atoms with Crippen molar-refractivity contribution in [2.24, 2.45) is 0 Å². The molecule has 0 spiro atoms. The molecule has 3 aromatic rings. The third-order valence-corrected chi connectivity index (χ3v) is 5.36. The number of hydrogen-bond donors (Lipinski definition) is 1. The normalized spacial score (nSPS) is 15.6. The fourth-order valence-corrected chi connectivity index (χ4v) is 3.66. The van der Waals surface area contributed by atoms with Crippen LogP contribution in [0.1, 0.15) is 16.8 Å². The lowest BCUT2D eigenvalue weighted by Gasteiger charge is -2.29. The van der Waals surface area contributed by atoms with E-state index in [1.807, 2.05) is 54.9 Å². The molecule has 0 radical (unpaired) electrons. The first-order valence-electron chi connectivity index (χ1n) is 9.28. The summed E-state index contributed by atoms with van der Waals surface area (Å²) in [7, 11) is 0. The van der Waals surface area contributed by atoms with Gasteiger partial charge in [-0.2, -0.15) is 0 Å². The van der Waals surface area contributed by atoms with Crippen LogP contribution in [0.4, 0.5) is 10.1 Å². The summed E-state index contributed by atoms with van der Waals surface area (Å²) in [5, 5.41) is 2.43. The summed E-state index contributed by atoms with van der Waals surface area (Å²) in [6.45, 7) is 4.04. The Labute approximate surface area is 178 Å². The number of carbonyl (C=O) groups is 2. The summed E-state index contributed by atoms with van der Waals surface area (Å²) >= 11 is 5.16. The van der Waals surface area contributed by atoms with E-state index in [-0.39, 0.29) is 16.4 Å². The highest BCUT2D eigenvalue weighted by Crippen LogP contribution is 2.25. The van der Waals surface area contributed by atoms with Crippen LogP contribution in [-0.4, -0.2) is 21.5 Å². The molecule has 1 fully saturated rings. The summed E-state index contributed by atoms with van der Waals surface area (Å²) in [6.07, 6.45) is 3.39. The largest absolute Gasteiger partial charge is 0.317 e. The van der Waals surface area contributed by atoms with E-state index in [4.69, 9.17) is 12.2 Å². The maximum atomic E-state index is 13.7. The number of rotatable bonds is 3. The molecule has 1 N–H and O–H groups in total. The molecule has 1 aromatic heterocycles. The van der Waals surface area contributed by atoms with E-state index in [1.54, 1.807) is 6.07 Å². The van der Waals surface area contributed by atoms with E-state index in [1.165, 1.54) is 24.3 Å². The zero-order valence-corrected chi connectivity index (χ0v) is 17.2. The Balaban J connectivity index is 1.78. The lowest BCUT2D eigenvalue weighted by Crippen LogP contribution is -2.54. The number of thiocarbonyl (C=S) groups is 1. The lowest BCUT2D eigenvalue weighted by molar-refractivity contribution is -0.122. The van der Waals surface area contributed by atoms with E-state index in [9.17, 15) is 14.0 Å². The third kappa shape index (κ3) is 3.44. The van der Waals surface area contributed by atoms with E-state index in [2.05, 4.69) is 5.32 Å². The SMILES string of the molecule is Cc1cccc(-n2cccc2/C=C2\C(=O)NC(=S)N(c3cccc(F)c3)C2=O)c1C. The van der Waals surface area contributed by atoms with Crippen molar-refractivity contribution in [3.05, 3.63) is 89.0 Å². The van der Waals surface area contributed by atoms with Gasteiger partial charge in [0.05, 0.1) is 5.69 Å². The molecule has 2 heterocycles. The van der Waals surface area contributed by atoms with Crippen molar-refractivity contribution in [2.45, 2.75) is 13.8 Å². The molecular formula is C23H18FN3O2S. The standard InChI is InChI=1S/C23H18FN3O2S/c1-14-6-3-10-20(15(14)2)26-11-5-9-17(26)13-19-21(28)25-23(30)27(22(19)29)18-8-4-7-16(24)12-18/h3-13H,1-2H3,(H,25,28,30)/b19-13+. The number of aromatic nitrogens is 1. The van der Waals surface area contributed by atoms with Crippen molar-refractivity contribution in [2.75, 3.05) is 4.90 Å². The van der Waals surface area contributed by atoms with Gasteiger partial charge in [0.25, 0.3) is 11.8 Å². The van der Waals surface area contributed by atoms with Gasteiger partial charge in [0.15, 0.2) is 5.11 Å². The van der Waals surface area contributed by atoms with Crippen LogP contribution in [0.2, 0.25) is 0 Å². The quantitative estimate of drug-likeness (QED) is 0.396. The van der Waals surface area contributed by atoms with E-state index >= 15 is 0 Å². The minimum absolute atomic E-state index is 0.0851. The second-order valence-corrected chi connectivity index (χ2v) is 7.35. The molecule has 5 nitrogen and oxygen atoms in total. The molecule has 0 atom stereocenters. The predicted octanol–water partition coefficient (Wildman–Crippen LogP) is 4.06. The highest BCUT2D eigenvalue weighted by atomic mass is 32.1. The third-order valence-electron chi connectivity index (χ3n) is 5.08. The van der Waals surface area contributed by atoms with Gasteiger partial charge in [0, 0.05) is 17.6 Å². The number of nitrogens with zero attached hydrogens (tertiary/aromatic N) is 2. The highest BCUT2D eigenvalue weighted by molar-refractivity contribution is 7.80. The summed E-state index contributed by atoms with van der Waals surface area (Å²) in [5.74, 6) is -1.70. The molecule has 150 valence electrons. The molecule has 1 aliphatic heterocycles. The Bertz CT molecular complexity index is 1230. The first-order chi connectivity index (χ1) is 14.4. The van der Waals surface area contributed by atoms with Crippen molar-refractivity contribution in [3.8, 4) is 5.69 Å². The van der Waals surface area contributed by atoms with Gasteiger partial charge in [-0.25, -0.2) is 4.39 Å². The molecule has 0 unspecified atom stereocenters. The summed E-state index contributed by atoms with van der Waals surface area (Å²) in [5.41, 5.74) is 4.01. The zero-order chi connectivity index (χ0) is 21.4. The zero-order valence-electron chi connectivity index (χ0n) is 16.3. The summed E-state index contributed by atoms with van der Waals surface area (Å²) in [6, 6.07) is 15.1. The van der Waals surface area contributed by atoms with Gasteiger partial charge in [0.1, 0.15) is 11.4 Å². The second kappa shape index (κ2) is 7.68. The fourth-order valence-electron chi connectivity index (χ4n) is 3.38. The maximum absolute atomic E-state index is 13.7. The smallest absolute Gasteiger partial charge is 0.270 e. The monoisotopic (exact) mass is 419 g/mol. The molecule has 0 saturated carbocycles. The number of aryl methyl sites for hydroxylation is 1. The second-order valence-electron chi connectivity index (χ2n) is 6.96. The van der Waals surface area contributed by atoms with Crippen LogP contribution in [0.5, 0.6) is 0 Å². The number of carbonyl (C=O) groups excluding carboxylic acids is 2. The highest BCUT2D eigenvalue weighted by Gasteiger charge is 2.34. The van der Waals surface area contributed by atoms with Crippen molar-refractivity contribution in [3.63, 3.8) is 0 Å². The Morgan fingerprint density at radius 3 is 2.57 bits per heavy atom. The average molecular weight is 419 g/mol. The maximum Gasteiger partial charge on any atom is 0.270 e. The van der Waals surface area contributed by atoms with Crippen molar-refractivity contribution in [1.82, 2.24) is 9.88 Å². The van der Waals surface area contributed by atoms with Gasteiger partial charge in [-0.15, -0.1) is 0 Å². The van der Waals surface area contributed by atoms with Crippen LogP contribution in [0.3, 0.4) is 0 Å². The first-order valence-corrected chi connectivity index (χ1v) is 9.68. The molecule has 1 saturated heterocycles. The number of halogens is 1. The summed E-state index contributed by atoms with van der Waals surface area (Å²) < 4.78 is 15.6. The molecule has 1 aliphatic rings. The van der Waals surface area contributed by atoms with Crippen LogP contribution in [-0.2, 0) is 9.59 Å². The molecule has 30 heavy (non-hydrogen) atoms. The van der Waals surface area contributed by atoms with E-state index in [0.717, 1.165) is 21.7 Å². The Morgan fingerprint density at radius 1 is 1.03 bits per heavy atom. The minimum atomic E-state index is -0.608. The van der Waals surface area contributed by atoms with Crippen LogP contribution < -0.4 is 10.2 Å². The first kappa shape index (κ1) is 19.7. The van der Waals surface area contributed by atoms with E-state index < -0.39 is 17.6 Å². The van der Waals surface area contributed by atoms with Crippen molar-refractivity contribution >= 4 is 40.9 Å². The van der Waals surface area contributed by atoms with Crippen molar-refractivity contribution in [1.29, 1.82) is 0 Å². The van der Waals surface area contributed by atoms with Gasteiger partial charge in [-0.1, -0.05) is 18.2 Å². The van der Waals surface area contributed by atoms with Gasteiger partial charge in [0.2, 0.25) is 0 Å². The number of hydrogen-bond acceptors (Lipinski definition) is 3. The molecule has 4 rings (SSSR count). The number of anilines is 1. The van der Waals surface area contributed by atoms with Crippen LogP contribution in [0, 0.1) is 19.7 Å². The Hall–Kier alpha value is -3.58. The number of nitrogens with one attached hydrogen (secondary N) is 1. The molecule has 7 heteroatoms. The van der Waals surface area contributed by atoms with E-state index in [0.29, 0.717) is 5.69 Å².